The summed E-state index contributed by atoms with van der Waals surface area (Å²) in [4.78, 5) is 31.8. The minimum Gasteiger partial charge on any atom is -0.369 e. The smallest absolute Gasteiger partial charge is 0.267 e. The Morgan fingerprint density at radius 3 is 2.69 bits per heavy atom. The lowest BCUT2D eigenvalue weighted by Crippen LogP contribution is -2.24. The largest absolute Gasteiger partial charge is 0.369 e. The van der Waals surface area contributed by atoms with E-state index in [2.05, 4.69) is 24.1 Å². The molecule has 1 N–H and O–H groups in total. The summed E-state index contributed by atoms with van der Waals surface area (Å²) in [5.74, 6) is 0.660. The van der Waals surface area contributed by atoms with Gasteiger partial charge in [0.15, 0.2) is 0 Å². The van der Waals surface area contributed by atoms with Crippen molar-refractivity contribution in [2.75, 3.05) is 18.9 Å². The number of likely N-dealkylation sites (N-methyl/N-ethyl adjacent to an activating group) is 1. The molecule has 136 valence electrons. The molecule has 0 aromatic carbocycles. The van der Waals surface area contributed by atoms with Crippen molar-refractivity contribution >= 4 is 51.7 Å². The standard InChI is InChI=1S/C18H20N4O2S2/c1-10(2)8-19-15-12(7-13-17(24)21(4)18(25)26-13)16(23)22-9-11(3)5-6-14(22)20-15/h5-7,9-10,19H,8H2,1-4H3. The van der Waals surface area contributed by atoms with Crippen molar-refractivity contribution in [1.29, 1.82) is 0 Å². The maximum atomic E-state index is 13.1. The SMILES string of the molecule is Cc1ccc2nc(NCC(C)C)c(C=C3SC(=S)N(C)C3=O)c(=O)n2c1. The van der Waals surface area contributed by atoms with Gasteiger partial charge in [0.1, 0.15) is 15.8 Å². The summed E-state index contributed by atoms with van der Waals surface area (Å²) in [5, 5.41) is 3.24. The normalized spacial score (nSPS) is 16.3. The highest BCUT2D eigenvalue weighted by Crippen LogP contribution is 2.31. The number of thiocarbonyl (C=S) groups is 1. The zero-order valence-electron chi connectivity index (χ0n) is 15.1. The van der Waals surface area contributed by atoms with E-state index >= 15 is 0 Å². The van der Waals surface area contributed by atoms with Crippen molar-refractivity contribution in [2.24, 2.45) is 5.92 Å². The third-order valence-corrected chi connectivity index (χ3v) is 5.43. The number of nitrogens with one attached hydrogen (secondary N) is 1. The molecule has 3 rings (SSSR count). The van der Waals surface area contributed by atoms with Gasteiger partial charge in [-0.2, -0.15) is 0 Å². The van der Waals surface area contributed by atoms with Crippen LogP contribution in [0.5, 0.6) is 0 Å². The maximum absolute atomic E-state index is 13.1. The van der Waals surface area contributed by atoms with E-state index in [1.165, 1.54) is 21.1 Å². The Kier molecular flexibility index (Phi) is 5.15. The number of fused-ring (bicyclic) bond motifs is 1. The van der Waals surface area contributed by atoms with Gasteiger partial charge in [0.25, 0.3) is 11.5 Å². The van der Waals surface area contributed by atoms with E-state index in [1.54, 1.807) is 19.3 Å². The van der Waals surface area contributed by atoms with Crippen LogP contribution in [0.1, 0.15) is 25.0 Å². The van der Waals surface area contributed by atoms with E-state index in [9.17, 15) is 9.59 Å². The predicted octanol–water partition coefficient (Wildman–Crippen LogP) is 2.90. The number of anilines is 1. The zero-order chi connectivity index (χ0) is 19.0. The molecule has 1 aliphatic heterocycles. The number of hydrogen-bond acceptors (Lipinski definition) is 6. The lowest BCUT2D eigenvalue weighted by atomic mass is 10.2. The molecule has 3 heterocycles. The van der Waals surface area contributed by atoms with E-state index in [-0.39, 0.29) is 11.5 Å². The van der Waals surface area contributed by atoms with Crippen LogP contribution in [0.3, 0.4) is 0 Å². The Morgan fingerprint density at radius 1 is 1.35 bits per heavy atom. The average molecular weight is 389 g/mol. The first-order valence-electron chi connectivity index (χ1n) is 8.26. The van der Waals surface area contributed by atoms with Crippen LogP contribution in [0, 0.1) is 12.8 Å². The minimum atomic E-state index is -0.216. The van der Waals surface area contributed by atoms with E-state index < -0.39 is 0 Å². The number of carbonyl (C=O) groups is 1. The Labute approximate surface area is 161 Å². The fourth-order valence-corrected chi connectivity index (χ4v) is 3.66. The lowest BCUT2D eigenvalue weighted by Gasteiger charge is -2.13. The molecular weight excluding hydrogens is 368 g/mol. The number of aromatic nitrogens is 2. The molecule has 6 nitrogen and oxygen atoms in total. The number of rotatable bonds is 4. The van der Waals surface area contributed by atoms with Gasteiger partial charge >= 0.3 is 0 Å². The fraction of sp³-hybridized carbons (Fsp3) is 0.333. The van der Waals surface area contributed by atoms with Gasteiger partial charge < -0.3 is 5.32 Å². The van der Waals surface area contributed by atoms with Crippen molar-refractivity contribution < 1.29 is 4.79 Å². The highest BCUT2D eigenvalue weighted by atomic mass is 32.2. The van der Waals surface area contributed by atoms with Gasteiger partial charge in [-0.25, -0.2) is 4.98 Å². The second-order valence-electron chi connectivity index (χ2n) is 6.63. The molecular formula is C18H20N4O2S2. The van der Waals surface area contributed by atoms with Crippen LogP contribution in [0.15, 0.2) is 28.0 Å². The molecule has 0 atom stereocenters. The van der Waals surface area contributed by atoms with Gasteiger partial charge in [-0.15, -0.1) is 0 Å². The number of hydrogen-bond donors (Lipinski definition) is 1. The summed E-state index contributed by atoms with van der Waals surface area (Å²) in [6, 6.07) is 3.72. The molecule has 2 aromatic rings. The first-order chi connectivity index (χ1) is 12.3. The van der Waals surface area contributed by atoms with Crippen LogP contribution in [-0.4, -0.2) is 38.1 Å². The van der Waals surface area contributed by atoms with E-state index in [0.717, 1.165) is 5.56 Å². The summed E-state index contributed by atoms with van der Waals surface area (Å²) in [6.07, 6.45) is 3.34. The highest BCUT2D eigenvalue weighted by Gasteiger charge is 2.29. The van der Waals surface area contributed by atoms with Crippen molar-refractivity contribution in [2.45, 2.75) is 20.8 Å². The number of nitrogens with zero attached hydrogens (tertiary/aromatic N) is 3. The average Bonchev–Trinajstić information content (AvgIpc) is 2.83. The number of amides is 1. The summed E-state index contributed by atoms with van der Waals surface area (Å²) < 4.78 is 1.98. The van der Waals surface area contributed by atoms with Crippen LogP contribution < -0.4 is 10.9 Å². The van der Waals surface area contributed by atoms with E-state index in [4.69, 9.17) is 12.2 Å². The summed E-state index contributed by atoms with van der Waals surface area (Å²) in [6.45, 7) is 6.74. The van der Waals surface area contributed by atoms with Crippen LogP contribution in [-0.2, 0) is 4.79 Å². The number of carbonyl (C=O) groups excluding carboxylic acids is 1. The van der Waals surface area contributed by atoms with Gasteiger partial charge in [-0.05, 0) is 30.5 Å². The lowest BCUT2D eigenvalue weighted by molar-refractivity contribution is -0.121. The van der Waals surface area contributed by atoms with Crippen molar-refractivity contribution in [3.63, 3.8) is 0 Å². The second-order valence-corrected chi connectivity index (χ2v) is 8.31. The molecule has 2 aromatic heterocycles. The van der Waals surface area contributed by atoms with Crippen molar-refractivity contribution in [3.05, 3.63) is 44.7 Å². The molecule has 8 heteroatoms. The molecule has 1 aliphatic rings. The molecule has 26 heavy (non-hydrogen) atoms. The van der Waals surface area contributed by atoms with E-state index in [1.807, 2.05) is 19.1 Å². The number of pyridine rings is 1. The second kappa shape index (κ2) is 7.20. The monoisotopic (exact) mass is 388 g/mol. The van der Waals surface area contributed by atoms with Crippen LogP contribution in [0.2, 0.25) is 0 Å². The van der Waals surface area contributed by atoms with Crippen LogP contribution >= 0.6 is 24.0 Å². The topological polar surface area (TPSA) is 66.7 Å². The first kappa shape index (κ1) is 18.6. The fourth-order valence-electron chi connectivity index (χ4n) is 2.50. The van der Waals surface area contributed by atoms with Gasteiger partial charge in [-0.3, -0.25) is 18.9 Å². The maximum Gasteiger partial charge on any atom is 0.267 e. The Bertz CT molecular complexity index is 995. The summed E-state index contributed by atoms with van der Waals surface area (Å²) >= 11 is 6.36. The zero-order valence-corrected chi connectivity index (χ0v) is 16.7. The number of aryl methyl sites for hydroxylation is 1. The van der Waals surface area contributed by atoms with Gasteiger partial charge in [0.2, 0.25) is 0 Å². The summed E-state index contributed by atoms with van der Waals surface area (Å²) in [7, 11) is 1.63. The van der Waals surface area contributed by atoms with Gasteiger partial charge in [-0.1, -0.05) is 43.9 Å². The molecule has 0 aliphatic carbocycles. The van der Waals surface area contributed by atoms with E-state index in [0.29, 0.717) is 38.7 Å². The van der Waals surface area contributed by atoms with Gasteiger partial charge in [0.05, 0.1) is 10.5 Å². The Morgan fingerprint density at radius 2 is 2.08 bits per heavy atom. The number of thioether (sulfide) groups is 1. The molecule has 1 fully saturated rings. The van der Waals surface area contributed by atoms with Crippen molar-refractivity contribution in [1.82, 2.24) is 14.3 Å². The quantitative estimate of drug-likeness (QED) is 0.642. The Hall–Kier alpha value is -2.19. The minimum absolute atomic E-state index is 0.205. The van der Waals surface area contributed by atoms with Crippen LogP contribution in [0.4, 0.5) is 5.82 Å². The molecule has 0 saturated carbocycles. The molecule has 0 radical (unpaired) electrons. The third-order valence-electron chi connectivity index (χ3n) is 3.95. The third kappa shape index (κ3) is 3.52. The highest BCUT2D eigenvalue weighted by molar-refractivity contribution is 8.26. The van der Waals surface area contributed by atoms with Crippen LogP contribution in [0.25, 0.3) is 11.7 Å². The molecule has 0 bridgehead atoms. The molecule has 1 saturated heterocycles. The molecule has 1 amide bonds. The first-order valence-corrected chi connectivity index (χ1v) is 9.49. The van der Waals surface area contributed by atoms with Crippen molar-refractivity contribution in [3.8, 4) is 0 Å². The Balaban J connectivity index is 2.19. The summed E-state index contributed by atoms with van der Waals surface area (Å²) in [5.41, 5.74) is 1.66. The molecule has 0 unspecified atom stereocenters. The molecule has 0 spiro atoms. The van der Waals surface area contributed by atoms with Gasteiger partial charge in [0, 0.05) is 19.8 Å². The predicted molar refractivity (Wildman–Crippen MR) is 110 cm³/mol.